The van der Waals surface area contributed by atoms with E-state index in [1.54, 1.807) is 0 Å². The molecule has 112 valence electrons. The van der Waals surface area contributed by atoms with Crippen LogP contribution in [0.15, 0.2) is 18.2 Å². The number of tetrazole rings is 1. The van der Waals surface area contributed by atoms with Gasteiger partial charge in [0.05, 0.1) is 6.10 Å². The predicted molar refractivity (Wildman–Crippen MR) is 80.6 cm³/mol. The van der Waals surface area contributed by atoms with Crippen LogP contribution in [-0.2, 0) is 11.3 Å². The summed E-state index contributed by atoms with van der Waals surface area (Å²) >= 11 is 0. The SMILES string of the molecule is Cc1ccc(N)cc1-c1nnnn1CCC1CCCCO1. The lowest BCUT2D eigenvalue weighted by molar-refractivity contribution is 0.00828. The fourth-order valence-corrected chi connectivity index (χ4v) is 2.73. The van der Waals surface area contributed by atoms with E-state index in [0.717, 1.165) is 48.6 Å². The Balaban J connectivity index is 1.75. The van der Waals surface area contributed by atoms with E-state index < -0.39 is 0 Å². The molecule has 6 nitrogen and oxygen atoms in total. The fourth-order valence-electron chi connectivity index (χ4n) is 2.73. The van der Waals surface area contributed by atoms with Gasteiger partial charge in [0.1, 0.15) is 0 Å². The summed E-state index contributed by atoms with van der Waals surface area (Å²) in [5.41, 5.74) is 8.71. The molecule has 21 heavy (non-hydrogen) atoms. The fraction of sp³-hybridized carbons (Fsp3) is 0.533. The first kappa shape index (κ1) is 14.0. The summed E-state index contributed by atoms with van der Waals surface area (Å²) in [5.74, 6) is 0.774. The van der Waals surface area contributed by atoms with Crippen LogP contribution < -0.4 is 5.73 Å². The zero-order valence-electron chi connectivity index (χ0n) is 12.3. The number of aromatic nitrogens is 4. The van der Waals surface area contributed by atoms with Gasteiger partial charge in [0.2, 0.25) is 0 Å². The molecule has 1 aromatic heterocycles. The first-order valence-corrected chi connectivity index (χ1v) is 7.48. The Morgan fingerprint density at radius 3 is 3.10 bits per heavy atom. The molecule has 1 aliphatic heterocycles. The Kier molecular flexibility index (Phi) is 4.15. The van der Waals surface area contributed by atoms with E-state index in [9.17, 15) is 0 Å². The monoisotopic (exact) mass is 287 g/mol. The molecule has 0 saturated carbocycles. The summed E-state index contributed by atoms with van der Waals surface area (Å²) in [6, 6.07) is 5.81. The number of nitrogen functional groups attached to an aromatic ring is 1. The number of rotatable bonds is 4. The highest BCUT2D eigenvalue weighted by Crippen LogP contribution is 2.24. The lowest BCUT2D eigenvalue weighted by atomic mass is 10.1. The minimum Gasteiger partial charge on any atom is -0.399 e. The lowest BCUT2D eigenvalue weighted by Gasteiger charge is -2.22. The van der Waals surface area contributed by atoms with Crippen molar-refractivity contribution in [3.8, 4) is 11.4 Å². The number of aryl methyl sites for hydroxylation is 2. The molecule has 0 spiro atoms. The van der Waals surface area contributed by atoms with Crippen LogP contribution in [-0.4, -0.2) is 32.9 Å². The van der Waals surface area contributed by atoms with Gasteiger partial charge in [0.15, 0.2) is 5.82 Å². The van der Waals surface area contributed by atoms with Crippen molar-refractivity contribution in [3.05, 3.63) is 23.8 Å². The van der Waals surface area contributed by atoms with Crippen LogP contribution in [0.3, 0.4) is 0 Å². The number of nitrogens with two attached hydrogens (primary N) is 1. The van der Waals surface area contributed by atoms with Crippen LogP contribution in [0.4, 0.5) is 5.69 Å². The molecule has 1 atom stereocenters. The van der Waals surface area contributed by atoms with E-state index in [1.807, 2.05) is 29.8 Å². The first-order valence-electron chi connectivity index (χ1n) is 7.48. The number of ether oxygens (including phenoxy) is 1. The van der Waals surface area contributed by atoms with Crippen molar-refractivity contribution in [1.82, 2.24) is 20.2 Å². The summed E-state index contributed by atoms with van der Waals surface area (Å²) in [6.45, 7) is 3.68. The average molecular weight is 287 g/mol. The molecule has 0 bridgehead atoms. The van der Waals surface area contributed by atoms with Gasteiger partial charge in [0.25, 0.3) is 0 Å². The molecule has 1 saturated heterocycles. The van der Waals surface area contributed by atoms with Crippen LogP contribution in [0.2, 0.25) is 0 Å². The van der Waals surface area contributed by atoms with Crippen molar-refractivity contribution >= 4 is 5.69 Å². The van der Waals surface area contributed by atoms with E-state index in [-0.39, 0.29) is 0 Å². The Morgan fingerprint density at radius 1 is 1.38 bits per heavy atom. The van der Waals surface area contributed by atoms with Gasteiger partial charge in [-0.15, -0.1) is 5.10 Å². The summed E-state index contributed by atoms with van der Waals surface area (Å²) in [4.78, 5) is 0. The van der Waals surface area contributed by atoms with Crippen molar-refractivity contribution < 1.29 is 4.74 Å². The largest absolute Gasteiger partial charge is 0.399 e. The number of hydrogen-bond acceptors (Lipinski definition) is 5. The van der Waals surface area contributed by atoms with E-state index in [0.29, 0.717) is 6.10 Å². The molecular formula is C15H21N5O. The van der Waals surface area contributed by atoms with Crippen LogP contribution in [0, 0.1) is 6.92 Å². The summed E-state index contributed by atoms with van der Waals surface area (Å²) in [6.07, 6.45) is 4.84. The molecule has 0 amide bonds. The Labute approximate surface area is 124 Å². The molecule has 2 heterocycles. The van der Waals surface area contributed by atoms with Gasteiger partial charge in [0, 0.05) is 24.4 Å². The molecule has 1 aliphatic rings. The van der Waals surface area contributed by atoms with Crippen LogP contribution >= 0.6 is 0 Å². The second kappa shape index (κ2) is 6.22. The van der Waals surface area contributed by atoms with E-state index in [2.05, 4.69) is 15.5 Å². The molecule has 1 aromatic carbocycles. The maximum absolute atomic E-state index is 5.88. The second-order valence-electron chi connectivity index (χ2n) is 5.58. The number of nitrogens with zero attached hydrogens (tertiary/aromatic N) is 4. The van der Waals surface area contributed by atoms with Gasteiger partial charge in [-0.05, 0) is 60.7 Å². The minimum atomic E-state index is 0.331. The van der Waals surface area contributed by atoms with E-state index >= 15 is 0 Å². The molecule has 0 aliphatic carbocycles. The molecule has 2 aromatic rings. The Morgan fingerprint density at radius 2 is 2.29 bits per heavy atom. The van der Waals surface area contributed by atoms with Gasteiger partial charge < -0.3 is 10.5 Å². The molecule has 1 unspecified atom stereocenters. The van der Waals surface area contributed by atoms with Gasteiger partial charge in [-0.2, -0.15) is 0 Å². The standard InChI is InChI=1S/C15H21N5O/c1-11-5-6-12(16)10-14(11)15-17-18-19-20(15)8-7-13-4-2-3-9-21-13/h5-6,10,13H,2-4,7-9,16H2,1H3. The Hall–Kier alpha value is -1.95. The predicted octanol–water partition coefficient (Wildman–Crippen LogP) is 2.19. The highest BCUT2D eigenvalue weighted by atomic mass is 16.5. The van der Waals surface area contributed by atoms with Gasteiger partial charge in [-0.25, -0.2) is 4.68 Å². The number of hydrogen-bond donors (Lipinski definition) is 1. The number of anilines is 1. The van der Waals surface area contributed by atoms with Crippen molar-refractivity contribution in [2.75, 3.05) is 12.3 Å². The third-order valence-electron chi connectivity index (χ3n) is 3.97. The summed E-state index contributed by atoms with van der Waals surface area (Å²) in [7, 11) is 0. The second-order valence-corrected chi connectivity index (χ2v) is 5.58. The third-order valence-corrected chi connectivity index (χ3v) is 3.97. The maximum atomic E-state index is 5.88. The zero-order valence-corrected chi connectivity index (χ0v) is 12.3. The molecular weight excluding hydrogens is 266 g/mol. The van der Waals surface area contributed by atoms with Crippen molar-refractivity contribution in [2.24, 2.45) is 0 Å². The minimum absolute atomic E-state index is 0.331. The molecule has 3 rings (SSSR count). The summed E-state index contributed by atoms with van der Waals surface area (Å²) in [5, 5.41) is 12.1. The molecule has 2 N–H and O–H groups in total. The maximum Gasteiger partial charge on any atom is 0.182 e. The van der Waals surface area contributed by atoms with Gasteiger partial charge in [-0.1, -0.05) is 6.07 Å². The van der Waals surface area contributed by atoms with Gasteiger partial charge in [-0.3, -0.25) is 0 Å². The van der Waals surface area contributed by atoms with Crippen LogP contribution in [0.5, 0.6) is 0 Å². The average Bonchev–Trinajstić information content (AvgIpc) is 2.97. The topological polar surface area (TPSA) is 78.9 Å². The Bertz CT molecular complexity index is 604. The molecule has 1 fully saturated rings. The van der Waals surface area contributed by atoms with Crippen molar-refractivity contribution in [2.45, 2.75) is 45.3 Å². The van der Waals surface area contributed by atoms with E-state index in [4.69, 9.17) is 10.5 Å². The van der Waals surface area contributed by atoms with Crippen molar-refractivity contribution in [1.29, 1.82) is 0 Å². The summed E-state index contributed by atoms with van der Waals surface area (Å²) < 4.78 is 7.61. The quantitative estimate of drug-likeness (QED) is 0.872. The first-order chi connectivity index (χ1) is 10.2. The van der Waals surface area contributed by atoms with Crippen molar-refractivity contribution in [3.63, 3.8) is 0 Å². The third kappa shape index (κ3) is 3.21. The van der Waals surface area contributed by atoms with Gasteiger partial charge >= 0.3 is 0 Å². The number of benzene rings is 1. The highest BCUT2D eigenvalue weighted by Gasteiger charge is 2.16. The zero-order chi connectivity index (χ0) is 14.7. The smallest absolute Gasteiger partial charge is 0.182 e. The van der Waals surface area contributed by atoms with Crippen LogP contribution in [0.25, 0.3) is 11.4 Å². The van der Waals surface area contributed by atoms with E-state index in [1.165, 1.54) is 12.8 Å². The normalized spacial score (nSPS) is 18.8. The van der Waals surface area contributed by atoms with Crippen LogP contribution in [0.1, 0.15) is 31.2 Å². The highest BCUT2D eigenvalue weighted by molar-refractivity contribution is 5.65. The molecule has 0 radical (unpaired) electrons. The lowest BCUT2D eigenvalue weighted by Crippen LogP contribution is -2.21. The molecule has 6 heteroatoms.